The van der Waals surface area contributed by atoms with Gasteiger partial charge in [0.25, 0.3) is 5.91 Å². The van der Waals surface area contributed by atoms with Gasteiger partial charge in [0.05, 0.1) is 7.11 Å². The van der Waals surface area contributed by atoms with E-state index in [-0.39, 0.29) is 5.91 Å². The number of carbonyl (C=O) groups excluding carboxylic acids is 1. The molecule has 6 heteroatoms. The quantitative estimate of drug-likeness (QED) is 0.734. The van der Waals surface area contributed by atoms with Crippen LogP contribution in [0.5, 0.6) is 0 Å². The molecule has 1 aliphatic rings. The number of nitrogens with one attached hydrogen (secondary N) is 1. The Hall–Kier alpha value is -1.30. The molecule has 1 fully saturated rings. The Balaban J connectivity index is 2.58. The highest BCUT2D eigenvalue weighted by atomic mass is 16.7. The van der Waals surface area contributed by atoms with Crippen molar-refractivity contribution in [3.05, 3.63) is 0 Å². The Morgan fingerprint density at radius 2 is 2.00 bits per heavy atom. The summed E-state index contributed by atoms with van der Waals surface area (Å²) >= 11 is 0. The summed E-state index contributed by atoms with van der Waals surface area (Å²) in [6.07, 6.45) is 5.09. The van der Waals surface area contributed by atoms with E-state index in [1.165, 1.54) is 33.4 Å². The number of carboxylic acid groups (broad SMARTS) is 1. The highest BCUT2D eigenvalue weighted by Gasteiger charge is 2.28. The molecule has 0 aromatic heterocycles. The molecular formula is C12H22N2O4. The second kappa shape index (κ2) is 7.20. The maximum absolute atomic E-state index is 12.0. The molecule has 1 atom stereocenters. The lowest BCUT2D eigenvalue weighted by atomic mass is 9.84. The molecule has 2 N–H and O–H groups in total. The van der Waals surface area contributed by atoms with Crippen molar-refractivity contribution >= 4 is 12.0 Å². The maximum Gasteiger partial charge on any atom is 0.405 e. The van der Waals surface area contributed by atoms with Crippen LogP contribution in [0.3, 0.4) is 0 Å². The van der Waals surface area contributed by atoms with Crippen LogP contribution in [0.2, 0.25) is 0 Å². The Morgan fingerprint density at radius 1 is 1.39 bits per heavy atom. The van der Waals surface area contributed by atoms with Gasteiger partial charge in [0.1, 0.15) is 6.04 Å². The third-order valence-electron chi connectivity index (χ3n) is 3.47. The van der Waals surface area contributed by atoms with Crippen LogP contribution in [0.4, 0.5) is 4.79 Å². The minimum atomic E-state index is -1.17. The Bertz CT molecular complexity index is 290. The van der Waals surface area contributed by atoms with Crippen LogP contribution < -0.4 is 5.32 Å². The summed E-state index contributed by atoms with van der Waals surface area (Å²) in [6, 6.07) is -0.712. The van der Waals surface area contributed by atoms with Crippen LogP contribution in [0.25, 0.3) is 0 Å². The fraction of sp³-hybridized carbons (Fsp3) is 0.833. The molecule has 2 amide bonds. The molecule has 1 unspecified atom stereocenters. The summed E-state index contributed by atoms with van der Waals surface area (Å²) in [5, 5.41) is 12.2. The molecule has 0 radical (unpaired) electrons. The van der Waals surface area contributed by atoms with Crippen molar-refractivity contribution in [2.24, 2.45) is 5.92 Å². The first-order valence-corrected chi connectivity index (χ1v) is 6.35. The number of hydrogen-bond donors (Lipinski definition) is 2. The molecule has 0 aliphatic heterocycles. The average molecular weight is 258 g/mol. The van der Waals surface area contributed by atoms with Crippen LogP contribution in [-0.2, 0) is 9.63 Å². The fourth-order valence-electron chi connectivity index (χ4n) is 2.44. The van der Waals surface area contributed by atoms with E-state index in [9.17, 15) is 9.59 Å². The highest BCUT2D eigenvalue weighted by molar-refractivity contribution is 5.84. The summed E-state index contributed by atoms with van der Waals surface area (Å²) in [7, 11) is 2.87. The summed E-state index contributed by atoms with van der Waals surface area (Å²) in [4.78, 5) is 27.5. The number of carbonyl (C=O) groups is 2. The van der Waals surface area contributed by atoms with Gasteiger partial charge in [-0.05, 0) is 12.3 Å². The maximum atomic E-state index is 12.0. The minimum Gasteiger partial charge on any atom is -0.465 e. The molecule has 1 rings (SSSR count). The van der Waals surface area contributed by atoms with Gasteiger partial charge in [-0.3, -0.25) is 9.63 Å². The van der Waals surface area contributed by atoms with Gasteiger partial charge in [-0.25, -0.2) is 9.86 Å². The van der Waals surface area contributed by atoms with Gasteiger partial charge in [-0.15, -0.1) is 0 Å². The average Bonchev–Trinajstić information content (AvgIpc) is 2.37. The molecule has 0 heterocycles. The van der Waals surface area contributed by atoms with E-state index in [2.05, 4.69) is 5.32 Å². The third kappa shape index (κ3) is 4.52. The number of likely N-dealkylation sites (N-methyl/N-ethyl adjacent to an activating group) is 1. The van der Waals surface area contributed by atoms with Gasteiger partial charge in [0.15, 0.2) is 0 Å². The lowest BCUT2D eigenvalue weighted by Crippen LogP contribution is -2.47. The number of hydrogen-bond acceptors (Lipinski definition) is 3. The normalized spacial score (nSPS) is 18.1. The molecule has 18 heavy (non-hydrogen) atoms. The summed E-state index contributed by atoms with van der Waals surface area (Å²) in [6.45, 7) is 0. The molecule has 6 nitrogen and oxygen atoms in total. The lowest BCUT2D eigenvalue weighted by molar-refractivity contribution is -0.171. The molecule has 1 aliphatic carbocycles. The predicted molar refractivity (Wildman–Crippen MR) is 65.9 cm³/mol. The van der Waals surface area contributed by atoms with Gasteiger partial charge in [-0.2, -0.15) is 0 Å². The largest absolute Gasteiger partial charge is 0.465 e. The number of rotatable bonds is 5. The Labute approximate surface area is 107 Å². The molecule has 1 saturated carbocycles. The van der Waals surface area contributed by atoms with Crippen molar-refractivity contribution in [2.75, 3.05) is 14.2 Å². The first-order chi connectivity index (χ1) is 8.54. The van der Waals surface area contributed by atoms with Crippen molar-refractivity contribution in [3.8, 4) is 0 Å². The van der Waals surface area contributed by atoms with E-state index >= 15 is 0 Å². The van der Waals surface area contributed by atoms with Crippen molar-refractivity contribution in [3.63, 3.8) is 0 Å². The molecule has 0 bridgehead atoms. The standard InChI is InChI=1S/C12H22N2O4/c1-14(18-2)11(15)10(13-12(16)17)8-9-6-4-3-5-7-9/h9-10,13H,3-8H2,1-2H3,(H,16,17). The van der Waals surface area contributed by atoms with E-state index in [0.717, 1.165) is 17.9 Å². The lowest BCUT2D eigenvalue weighted by Gasteiger charge is -2.27. The van der Waals surface area contributed by atoms with Crippen molar-refractivity contribution in [2.45, 2.75) is 44.6 Å². The zero-order valence-corrected chi connectivity index (χ0v) is 11.0. The van der Waals surface area contributed by atoms with E-state index < -0.39 is 12.1 Å². The van der Waals surface area contributed by atoms with E-state index in [4.69, 9.17) is 9.94 Å². The van der Waals surface area contributed by atoms with E-state index in [1.807, 2.05) is 0 Å². The van der Waals surface area contributed by atoms with Crippen molar-refractivity contribution in [1.82, 2.24) is 10.4 Å². The molecule has 0 spiro atoms. The predicted octanol–water partition coefficient (Wildman–Crippen LogP) is 1.61. The summed E-state index contributed by atoms with van der Waals surface area (Å²) < 4.78 is 0. The van der Waals surface area contributed by atoms with Crippen molar-refractivity contribution < 1.29 is 19.5 Å². The molecular weight excluding hydrogens is 236 g/mol. The minimum absolute atomic E-state index is 0.342. The van der Waals surface area contributed by atoms with Crippen LogP contribution in [-0.4, -0.2) is 42.4 Å². The third-order valence-corrected chi connectivity index (χ3v) is 3.47. The van der Waals surface area contributed by atoms with Crippen LogP contribution in [0, 0.1) is 5.92 Å². The van der Waals surface area contributed by atoms with Gasteiger partial charge in [0.2, 0.25) is 0 Å². The summed E-state index contributed by atoms with van der Waals surface area (Å²) in [5.41, 5.74) is 0. The Morgan fingerprint density at radius 3 is 2.50 bits per heavy atom. The fourth-order valence-corrected chi connectivity index (χ4v) is 2.44. The van der Waals surface area contributed by atoms with E-state index in [1.54, 1.807) is 0 Å². The van der Waals surface area contributed by atoms with Crippen LogP contribution in [0.15, 0.2) is 0 Å². The van der Waals surface area contributed by atoms with Crippen LogP contribution in [0.1, 0.15) is 38.5 Å². The second-order valence-electron chi connectivity index (χ2n) is 4.76. The monoisotopic (exact) mass is 258 g/mol. The molecule has 0 aromatic rings. The van der Waals surface area contributed by atoms with Gasteiger partial charge in [0, 0.05) is 7.05 Å². The zero-order chi connectivity index (χ0) is 13.5. The highest BCUT2D eigenvalue weighted by Crippen LogP contribution is 2.27. The van der Waals surface area contributed by atoms with Crippen LogP contribution >= 0.6 is 0 Å². The van der Waals surface area contributed by atoms with Crippen molar-refractivity contribution in [1.29, 1.82) is 0 Å². The first-order valence-electron chi connectivity index (χ1n) is 6.35. The number of amides is 2. The zero-order valence-electron chi connectivity index (χ0n) is 11.0. The topological polar surface area (TPSA) is 78.9 Å². The molecule has 104 valence electrons. The second-order valence-corrected chi connectivity index (χ2v) is 4.76. The summed E-state index contributed by atoms with van der Waals surface area (Å²) in [5.74, 6) is 0.0790. The number of nitrogens with zero attached hydrogens (tertiary/aromatic N) is 1. The first kappa shape index (κ1) is 14.8. The molecule has 0 aromatic carbocycles. The van der Waals surface area contributed by atoms with Gasteiger partial charge >= 0.3 is 6.09 Å². The molecule has 0 saturated heterocycles. The van der Waals surface area contributed by atoms with E-state index in [0.29, 0.717) is 12.3 Å². The smallest absolute Gasteiger partial charge is 0.405 e. The van der Waals surface area contributed by atoms with Gasteiger partial charge in [-0.1, -0.05) is 32.1 Å². The SMILES string of the molecule is CON(C)C(=O)C(CC1CCCCC1)NC(=O)O. The number of hydroxylamine groups is 2. The van der Waals surface area contributed by atoms with Gasteiger partial charge < -0.3 is 10.4 Å². The Kier molecular flexibility index (Phi) is 5.91.